The monoisotopic (exact) mass is 309 g/mol. The van der Waals surface area contributed by atoms with Crippen LogP contribution in [-0.4, -0.2) is 31.8 Å². The molecule has 0 atom stereocenters. The van der Waals surface area contributed by atoms with Gasteiger partial charge in [-0.25, -0.2) is 17.8 Å². The number of rotatable bonds is 5. The molecular formula is C14H16FN3O2S. The van der Waals surface area contributed by atoms with Crippen LogP contribution in [0, 0.1) is 5.82 Å². The van der Waals surface area contributed by atoms with Gasteiger partial charge in [0.25, 0.3) is 0 Å². The highest BCUT2D eigenvalue weighted by Gasteiger charge is 2.21. The third-order valence-corrected chi connectivity index (χ3v) is 4.78. The summed E-state index contributed by atoms with van der Waals surface area (Å²) < 4.78 is 39.1. The standard InChI is InChI=1S/C14H16FN3O2S/c1-16-14-7-6-13(9-17-14)21(19,20)18(2)10-11-4-3-5-12(15)8-11/h3-9H,10H2,1-2H3,(H,16,17). The lowest BCUT2D eigenvalue weighted by Crippen LogP contribution is -2.26. The number of aromatic nitrogens is 1. The highest BCUT2D eigenvalue weighted by molar-refractivity contribution is 7.89. The van der Waals surface area contributed by atoms with Gasteiger partial charge < -0.3 is 5.32 Å². The van der Waals surface area contributed by atoms with E-state index in [-0.39, 0.29) is 11.4 Å². The summed E-state index contributed by atoms with van der Waals surface area (Å²) in [6, 6.07) is 8.93. The summed E-state index contributed by atoms with van der Waals surface area (Å²) in [5.41, 5.74) is 0.584. The van der Waals surface area contributed by atoms with Crippen molar-refractivity contribution in [1.82, 2.24) is 9.29 Å². The molecule has 5 nitrogen and oxygen atoms in total. The minimum Gasteiger partial charge on any atom is -0.373 e. The zero-order chi connectivity index (χ0) is 15.5. The predicted octanol–water partition coefficient (Wildman–Crippen LogP) is 2.08. The summed E-state index contributed by atoms with van der Waals surface area (Å²) in [5.74, 6) is 0.195. The van der Waals surface area contributed by atoms with E-state index in [0.717, 1.165) is 4.31 Å². The molecule has 7 heteroatoms. The van der Waals surface area contributed by atoms with Gasteiger partial charge in [0.1, 0.15) is 16.5 Å². The molecule has 0 saturated carbocycles. The van der Waals surface area contributed by atoms with Crippen molar-refractivity contribution in [2.45, 2.75) is 11.4 Å². The fourth-order valence-electron chi connectivity index (χ4n) is 1.84. The van der Waals surface area contributed by atoms with E-state index in [4.69, 9.17) is 0 Å². The molecule has 0 amide bonds. The second-order valence-corrected chi connectivity index (χ2v) is 6.57. The van der Waals surface area contributed by atoms with E-state index < -0.39 is 15.8 Å². The van der Waals surface area contributed by atoms with Crippen molar-refractivity contribution in [2.24, 2.45) is 0 Å². The zero-order valence-electron chi connectivity index (χ0n) is 11.7. The van der Waals surface area contributed by atoms with E-state index in [1.807, 2.05) is 0 Å². The van der Waals surface area contributed by atoms with Crippen molar-refractivity contribution >= 4 is 15.8 Å². The number of pyridine rings is 1. The summed E-state index contributed by atoms with van der Waals surface area (Å²) in [4.78, 5) is 4.09. The van der Waals surface area contributed by atoms with E-state index >= 15 is 0 Å². The van der Waals surface area contributed by atoms with Gasteiger partial charge in [0, 0.05) is 26.8 Å². The molecule has 0 aliphatic carbocycles. The van der Waals surface area contributed by atoms with Gasteiger partial charge in [-0.15, -0.1) is 0 Å². The molecule has 0 saturated heterocycles. The highest BCUT2D eigenvalue weighted by atomic mass is 32.2. The number of benzene rings is 1. The molecule has 2 rings (SSSR count). The SMILES string of the molecule is CNc1ccc(S(=O)(=O)N(C)Cc2cccc(F)c2)cn1. The van der Waals surface area contributed by atoms with Crippen LogP contribution in [0.15, 0.2) is 47.5 Å². The van der Waals surface area contributed by atoms with Crippen LogP contribution in [0.25, 0.3) is 0 Å². The lowest BCUT2D eigenvalue weighted by Gasteiger charge is -2.17. The highest BCUT2D eigenvalue weighted by Crippen LogP contribution is 2.17. The van der Waals surface area contributed by atoms with Gasteiger partial charge in [-0.05, 0) is 29.8 Å². The van der Waals surface area contributed by atoms with Crippen LogP contribution in [0.1, 0.15) is 5.56 Å². The van der Waals surface area contributed by atoms with Crippen LogP contribution < -0.4 is 5.32 Å². The number of halogens is 1. The number of anilines is 1. The fraction of sp³-hybridized carbons (Fsp3) is 0.214. The molecule has 112 valence electrons. The second kappa shape index (κ2) is 6.19. The van der Waals surface area contributed by atoms with Gasteiger partial charge in [0.05, 0.1) is 0 Å². The average molecular weight is 309 g/mol. The van der Waals surface area contributed by atoms with Crippen LogP contribution in [0.5, 0.6) is 0 Å². The summed E-state index contributed by atoms with van der Waals surface area (Å²) in [6.45, 7) is 0.0911. The van der Waals surface area contributed by atoms with Crippen molar-refractivity contribution in [2.75, 3.05) is 19.4 Å². The minimum atomic E-state index is -3.65. The minimum absolute atomic E-state index is 0.0911. The summed E-state index contributed by atoms with van der Waals surface area (Å²) in [5, 5.41) is 2.82. The first-order valence-corrected chi connectivity index (χ1v) is 7.72. The molecule has 0 bridgehead atoms. The summed E-state index contributed by atoms with van der Waals surface area (Å²) in [7, 11) is -0.503. The Morgan fingerprint density at radius 2 is 2.05 bits per heavy atom. The summed E-state index contributed by atoms with van der Waals surface area (Å²) >= 11 is 0. The molecule has 0 aliphatic heterocycles. The van der Waals surface area contributed by atoms with Crippen LogP contribution in [0.4, 0.5) is 10.2 Å². The van der Waals surface area contributed by atoms with Gasteiger partial charge in [-0.1, -0.05) is 12.1 Å². The third kappa shape index (κ3) is 3.56. The Morgan fingerprint density at radius 1 is 1.29 bits per heavy atom. The Balaban J connectivity index is 2.21. The Kier molecular flexibility index (Phi) is 4.54. The molecule has 1 aromatic carbocycles. The molecule has 1 N–H and O–H groups in total. The van der Waals surface area contributed by atoms with E-state index in [0.29, 0.717) is 11.4 Å². The Bertz CT molecular complexity index is 717. The molecular weight excluding hydrogens is 293 g/mol. The van der Waals surface area contributed by atoms with E-state index in [2.05, 4.69) is 10.3 Å². The van der Waals surface area contributed by atoms with Crippen molar-refractivity contribution in [3.05, 3.63) is 54.0 Å². The maximum Gasteiger partial charge on any atom is 0.244 e. The van der Waals surface area contributed by atoms with Gasteiger partial charge in [0.15, 0.2) is 0 Å². The Labute approximate surface area is 123 Å². The number of hydrogen-bond donors (Lipinski definition) is 1. The van der Waals surface area contributed by atoms with Crippen molar-refractivity contribution in [1.29, 1.82) is 0 Å². The molecule has 1 heterocycles. The number of sulfonamides is 1. The van der Waals surface area contributed by atoms with Crippen LogP contribution in [-0.2, 0) is 16.6 Å². The molecule has 0 radical (unpaired) electrons. The molecule has 0 spiro atoms. The normalized spacial score (nSPS) is 11.6. The average Bonchev–Trinajstić information content (AvgIpc) is 2.47. The van der Waals surface area contributed by atoms with Gasteiger partial charge in [0.2, 0.25) is 10.0 Å². The van der Waals surface area contributed by atoms with E-state index in [9.17, 15) is 12.8 Å². The summed E-state index contributed by atoms with van der Waals surface area (Å²) in [6.07, 6.45) is 1.29. The second-order valence-electron chi connectivity index (χ2n) is 4.52. The number of nitrogens with one attached hydrogen (secondary N) is 1. The van der Waals surface area contributed by atoms with Gasteiger partial charge in [-0.3, -0.25) is 0 Å². The van der Waals surface area contributed by atoms with Crippen molar-refractivity contribution < 1.29 is 12.8 Å². The zero-order valence-corrected chi connectivity index (χ0v) is 12.6. The fourth-order valence-corrected chi connectivity index (χ4v) is 2.94. The van der Waals surface area contributed by atoms with Crippen LogP contribution in [0.3, 0.4) is 0 Å². The lowest BCUT2D eigenvalue weighted by molar-refractivity contribution is 0.465. The predicted molar refractivity (Wildman–Crippen MR) is 78.8 cm³/mol. The van der Waals surface area contributed by atoms with Crippen molar-refractivity contribution in [3.8, 4) is 0 Å². The Morgan fingerprint density at radius 3 is 2.62 bits per heavy atom. The van der Waals surface area contributed by atoms with E-state index in [1.165, 1.54) is 31.4 Å². The molecule has 0 unspecified atom stereocenters. The topological polar surface area (TPSA) is 62.3 Å². The molecule has 2 aromatic rings. The van der Waals surface area contributed by atoms with Gasteiger partial charge in [-0.2, -0.15) is 4.31 Å². The molecule has 21 heavy (non-hydrogen) atoms. The first kappa shape index (κ1) is 15.4. The molecule has 0 fully saturated rings. The number of hydrogen-bond acceptors (Lipinski definition) is 4. The maximum absolute atomic E-state index is 13.1. The first-order chi connectivity index (χ1) is 9.93. The smallest absolute Gasteiger partial charge is 0.244 e. The third-order valence-electron chi connectivity index (χ3n) is 2.99. The molecule has 1 aromatic heterocycles. The lowest BCUT2D eigenvalue weighted by atomic mass is 10.2. The van der Waals surface area contributed by atoms with Crippen molar-refractivity contribution in [3.63, 3.8) is 0 Å². The van der Waals surface area contributed by atoms with Crippen LogP contribution >= 0.6 is 0 Å². The molecule has 0 aliphatic rings. The van der Waals surface area contributed by atoms with Gasteiger partial charge >= 0.3 is 0 Å². The largest absolute Gasteiger partial charge is 0.373 e. The van der Waals surface area contributed by atoms with Crippen LogP contribution in [0.2, 0.25) is 0 Å². The Hall–Kier alpha value is -1.99. The number of nitrogens with zero attached hydrogens (tertiary/aromatic N) is 2. The first-order valence-electron chi connectivity index (χ1n) is 6.28. The quantitative estimate of drug-likeness (QED) is 0.918. The maximum atomic E-state index is 13.1. The van der Waals surface area contributed by atoms with E-state index in [1.54, 1.807) is 25.2 Å².